The van der Waals surface area contributed by atoms with Crippen LogP contribution in [0.25, 0.3) is 0 Å². The van der Waals surface area contributed by atoms with Crippen molar-refractivity contribution in [2.75, 3.05) is 0 Å². The summed E-state index contributed by atoms with van der Waals surface area (Å²) in [6.07, 6.45) is 4.63. The average molecular weight is 288 g/mol. The molecule has 0 aliphatic heterocycles. The van der Waals surface area contributed by atoms with Gasteiger partial charge in [-0.25, -0.2) is 0 Å². The number of nitrogens with zero attached hydrogens (tertiary/aromatic N) is 1. The summed E-state index contributed by atoms with van der Waals surface area (Å²) in [5, 5.41) is 0. The van der Waals surface area contributed by atoms with Crippen molar-refractivity contribution < 1.29 is 4.79 Å². The third-order valence-corrected chi connectivity index (χ3v) is 4.08. The predicted molar refractivity (Wildman–Crippen MR) is 86.9 cm³/mol. The summed E-state index contributed by atoms with van der Waals surface area (Å²) in [5.41, 5.74) is 8.28. The van der Waals surface area contributed by atoms with Crippen molar-refractivity contribution in [1.82, 2.24) is 4.90 Å². The van der Waals surface area contributed by atoms with Gasteiger partial charge in [-0.05, 0) is 50.7 Å². The quantitative estimate of drug-likeness (QED) is 0.837. The van der Waals surface area contributed by atoms with Gasteiger partial charge in [0, 0.05) is 24.5 Å². The van der Waals surface area contributed by atoms with Crippen LogP contribution in [0.3, 0.4) is 0 Å². The minimum absolute atomic E-state index is 0.246. The van der Waals surface area contributed by atoms with Crippen LogP contribution in [0, 0.1) is 0 Å². The number of rotatable bonds is 7. The molecule has 1 aliphatic rings. The molecule has 1 aromatic rings. The number of hydrogen-bond acceptors (Lipinski definition) is 2. The van der Waals surface area contributed by atoms with Gasteiger partial charge in [0.25, 0.3) is 0 Å². The summed E-state index contributed by atoms with van der Waals surface area (Å²) in [6, 6.07) is 9.06. The fourth-order valence-corrected chi connectivity index (χ4v) is 2.46. The maximum atomic E-state index is 12.5. The number of nitrogens with two attached hydrogens (primary N) is 1. The van der Waals surface area contributed by atoms with Crippen LogP contribution in [0.4, 0.5) is 0 Å². The molecule has 2 N–H and O–H groups in total. The molecule has 1 aromatic carbocycles. The summed E-state index contributed by atoms with van der Waals surface area (Å²) in [6.45, 7) is 6.85. The monoisotopic (exact) mass is 288 g/mol. The molecule has 2 rings (SSSR count). The highest BCUT2D eigenvalue weighted by atomic mass is 16.2. The Morgan fingerprint density at radius 1 is 1.24 bits per heavy atom. The van der Waals surface area contributed by atoms with Crippen molar-refractivity contribution in [3.8, 4) is 0 Å². The van der Waals surface area contributed by atoms with E-state index in [1.807, 2.05) is 18.7 Å². The molecule has 0 atom stereocenters. The fourth-order valence-electron chi connectivity index (χ4n) is 2.46. The Labute approximate surface area is 128 Å². The van der Waals surface area contributed by atoms with Gasteiger partial charge in [0.1, 0.15) is 0 Å². The van der Waals surface area contributed by atoms with E-state index in [1.165, 1.54) is 11.1 Å². The van der Waals surface area contributed by atoms with Gasteiger partial charge in [0.2, 0.25) is 5.91 Å². The third-order valence-electron chi connectivity index (χ3n) is 4.08. The highest BCUT2D eigenvalue weighted by Gasteiger charge is 2.32. The van der Waals surface area contributed by atoms with Crippen LogP contribution in [-0.2, 0) is 17.8 Å². The van der Waals surface area contributed by atoms with E-state index < -0.39 is 0 Å². The van der Waals surface area contributed by atoms with Crippen LogP contribution in [0.1, 0.15) is 57.6 Å². The molecule has 0 heterocycles. The van der Waals surface area contributed by atoms with Crippen LogP contribution >= 0.6 is 0 Å². The second-order valence-corrected chi connectivity index (χ2v) is 6.91. The SMILES string of the molecule is CCc1ccc(CN(C(=O)CCC(C)(C)N)C2CC2)cc1. The summed E-state index contributed by atoms with van der Waals surface area (Å²) < 4.78 is 0. The lowest BCUT2D eigenvalue weighted by Gasteiger charge is -2.25. The first kappa shape index (κ1) is 16.0. The average Bonchev–Trinajstić information content (AvgIpc) is 3.26. The van der Waals surface area contributed by atoms with Crippen molar-refractivity contribution in [2.45, 2.75) is 71.0 Å². The summed E-state index contributed by atoms with van der Waals surface area (Å²) >= 11 is 0. The minimum Gasteiger partial charge on any atom is -0.335 e. The van der Waals surface area contributed by atoms with Crippen LogP contribution in [0.2, 0.25) is 0 Å². The molecule has 0 radical (unpaired) electrons. The number of carbonyl (C=O) groups excluding carboxylic acids is 1. The lowest BCUT2D eigenvalue weighted by molar-refractivity contribution is -0.132. The standard InChI is InChI=1S/C18H28N2O/c1-4-14-5-7-15(8-6-14)13-20(16-9-10-16)17(21)11-12-18(2,3)19/h5-8,16H,4,9-13,19H2,1-3H3. The largest absolute Gasteiger partial charge is 0.335 e. The third kappa shape index (κ3) is 5.16. The Kier molecular flexibility index (Phi) is 5.04. The zero-order chi connectivity index (χ0) is 15.5. The van der Waals surface area contributed by atoms with Gasteiger partial charge in [-0.3, -0.25) is 4.79 Å². The van der Waals surface area contributed by atoms with Crippen LogP contribution in [0.15, 0.2) is 24.3 Å². The molecule has 0 bridgehead atoms. The zero-order valence-electron chi connectivity index (χ0n) is 13.6. The molecule has 0 aromatic heterocycles. The van der Waals surface area contributed by atoms with E-state index in [4.69, 9.17) is 5.73 Å². The van der Waals surface area contributed by atoms with Crippen LogP contribution < -0.4 is 5.73 Å². The second kappa shape index (κ2) is 6.61. The van der Waals surface area contributed by atoms with Crippen molar-refractivity contribution in [3.63, 3.8) is 0 Å². The summed E-state index contributed by atoms with van der Waals surface area (Å²) in [7, 11) is 0. The molecule has 0 saturated heterocycles. The van der Waals surface area contributed by atoms with Gasteiger partial charge in [-0.2, -0.15) is 0 Å². The maximum absolute atomic E-state index is 12.5. The Morgan fingerprint density at radius 3 is 2.29 bits per heavy atom. The lowest BCUT2D eigenvalue weighted by atomic mass is 9.99. The first-order chi connectivity index (χ1) is 9.89. The van der Waals surface area contributed by atoms with Gasteiger partial charge >= 0.3 is 0 Å². The Morgan fingerprint density at radius 2 is 1.81 bits per heavy atom. The zero-order valence-corrected chi connectivity index (χ0v) is 13.6. The van der Waals surface area contributed by atoms with E-state index in [2.05, 4.69) is 31.2 Å². The Balaban J connectivity index is 1.96. The number of amides is 1. The van der Waals surface area contributed by atoms with Gasteiger partial charge in [-0.1, -0.05) is 31.2 Å². The summed E-state index contributed by atoms with van der Waals surface area (Å²) in [4.78, 5) is 14.5. The highest BCUT2D eigenvalue weighted by Crippen LogP contribution is 2.29. The molecule has 3 heteroatoms. The van der Waals surface area contributed by atoms with E-state index in [0.717, 1.165) is 32.2 Å². The first-order valence-corrected chi connectivity index (χ1v) is 8.05. The molecule has 116 valence electrons. The number of aryl methyl sites for hydroxylation is 1. The topological polar surface area (TPSA) is 46.3 Å². The molecule has 1 aliphatic carbocycles. The molecule has 1 amide bonds. The van der Waals surface area contributed by atoms with Gasteiger partial charge in [-0.15, -0.1) is 0 Å². The number of benzene rings is 1. The molecule has 1 saturated carbocycles. The second-order valence-electron chi connectivity index (χ2n) is 6.91. The number of hydrogen-bond donors (Lipinski definition) is 1. The van der Waals surface area contributed by atoms with Crippen molar-refractivity contribution in [3.05, 3.63) is 35.4 Å². The molecule has 0 spiro atoms. The van der Waals surface area contributed by atoms with Gasteiger partial charge in [0.05, 0.1) is 0 Å². The molecule has 21 heavy (non-hydrogen) atoms. The number of carbonyl (C=O) groups is 1. The van der Waals surface area contributed by atoms with Crippen molar-refractivity contribution in [1.29, 1.82) is 0 Å². The van der Waals surface area contributed by atoms with Crippen molar-refractivity contribution in [2.24, 2.45) is 5.73 Å². The van der Waals surface area contributed by atoms with E-state index in [0.29, 0.717) is 12.5 Å². The predicted octanol–water partition coefficient (Wildman–Crippen LogP) is 3.26. The maximum Gasteiger partial charge on any atom is 0.223 e. The van der Waals surface area contributed by atoms with E-state index in [9.17, 15) is 4.79 Å². The minimum atomic E-state index is -0.270. The highest BCUT2D eigenvalue weighted by molar-refractivity contribution is 5.77. The Bertz CT molecular complexity index is 469. The molecule has 1 fully saturated rings. The molecule has 3 nitrogen and oxygen atoms in total. The Hall–Kier alpha value is -1.35. The van der Waals surface area contributed by atoms with Crippen LogP contribution in [0.5, 0.6) is 0 Å². The normalized spacial score (nSPS) is 15.0. The molecule has 0 unspecified atom stereocenters. The smallest absolute Gasteiger partial charge is 0.223 e. The fraction of sp³-hybridized carbons (Fsp3) is 0.611. The lowest BCUT2D eigenvalue weighted by Crippen LogP contribution is -2.37. The molecular formula is C18H28N2O. The van der Waals surface area contributed by atoms with E-state index in [1.54, 1.807) is 0 Å². The first-order valence-electron chi connectivity index (χ1n) is 8.05. The molecular weight excluding hydrogens is 260 g/mol. The van der Waals surface area contributed by atoms with Gasteiger partial charge in [0.15, 0.2) is 0 Å². The van der Waals surface area contributed by atoms with E-state index >= 15 is 0 Å². The van der Waals surface area contributed by atoms with E-state index in [-0.39, 0.29) is 11.4 Å². The van der Waals surface area contributed by atoms with Crippen LogP contribution in [-0.4, -0.2) is 22.4 Å². The van der Waals surface area contributed by atoms with Crippen molar-refractivity contribution >= 4 is 5.91 Å². The summed E-state index contributed by atoms with van der Waals surface area (Å²) in [5.74, 6) is 0.246. The van der Waals surface area contributed by atoms with Gasteiger partial charge < -0.3 is 10.6 Å².